The van der Waals surface area contributed by atoms with E-state index in [0.29, 0.717) is 0 Å². The third-order valence-corrected chi connectivity index (χ3v) is 4.91. The zero-order chi connectivity index (χ0) is 14.0. The molecular weight excluding hydrogens is 258 g/mol. The van der Waals surface area contributed by atoms with Crippen LogP contribution >= 0.6 is 11.6 Å². The van der Waals surface area contributed by atoms with E-state index in [9.17, 15) is 5.26 Å². The Morgan fingerprint density at radius 3 is 2.58 bits per heavy atom. The summed E-state index contributed by atoms with van der Waals surface area (Å²) in [7, 11) is 1.93. The molecule has 3 nitrogen and oxygen atoms in total. The first-order valence-electron chi connectivity index (χ1n) is 7.13. The molecule has 0 N–H and O–H groups in total. The second-order valence-electron chi connectivity index (χ2n) is 5.94. The van der Waals surface area contributed by atoms with E-state index >= 15 is 0 Å². The van der Waals surface area contributed by atoms with Gasteiger partial charge in [-0.1, -0.05) is 25.4 Å². The van der Waals surface area contributed by atoms with Gasteiger partial charge in [-0.15, -0.1) is 0 Å². The van der Waals surface area contributed by atoms with Gasteiger partial charge in [0.15, 0.2) is 0 Å². The van der Waals surface area contributed by atoms with Crippen LogP contribution < -0.4 is 0 Å². The van der Waals surface area contributed by atoms with Crippen LogP contribution in [0.3, 0.4) is 0 Å². The maximum atomic E-state index is 9.61. The number of hydrogen-bond acceptors (Lipinski definition) is 2. The van der Waals surface area contributed by atoms with E-state index in [1.165, 1.54) is 0 Å². The Balaban J connectivity index is 2.24. The number of nitrogens with zero attached hydrogens (tertiary/aromatic N) is 3. The summed E-state index contributed by atoms with van der Waals surface area (Å²) >= 11 is 6.40. The summed E-state index contributed by atoms with van der Waals surface area (Å²) in [6.45, 7) is 4.33. The maximum Gasteiger partial charge on any atom is 0.0850 e. The van der Waals surface area contributed by atoms with Crippen molar-refractivity contribution in [2.75, 3.05) is 0 Å². The minimum Gasteiger partial charge on any atom is -0.271 e. The SMILES string of the molecule is CCc1nn(C)c(CC2(C#N)CCC(C)CC2)c1Cl. The molecule has 0 saturated heterocycles. The van der Waals surface area contributed by atoms with Gasteiger partial charge in [-0.25, -0.2) is 0 Å². The first-order valence-corrected chi connectivity index (χ1v) is 7.50. The van der Waals surface area contributed by atoms with E-state index in [4.69, 9.17) is 11.6 Å². The van der Waals surface area contributed by atoms with Crippen molar-refractivity contribution in [2.45, 2.75) is 52.4 Å². The summed E-state index contributed by atoms with van der Waals surface area (Å²) in [5.41, 5.74) is 1.72. The maximum absolute atomic E-state index is 9.61. The molecule has 4 heteroatoms. The Morgan fingerprint density at radius 2 is 2.11 bits per heavy atom. The van der Waals surface area contributed by atoms with Crippen LogP contribution in [0.2, 0.25) is 5.02 Å². The molecule has 1 aliphatic carbocycles. The molecule has 19 heavy (non-hydrogen) atoms. The summed E-state index contributed by atoms with van der Waals surface area (Å²) in [5, 5.41) is 14.8. The molecule has 1 fully saturated rings. The van der Waals surface area contributed by atoms with Gasteiger partial charge in [0.1, 0.15) is 0 Å². The summed E-state index contributed by atoms with van der Waals surface area (Å²) in [6, 6.07) is 2.57. The third-order valence-electron chi connectivity index (χ3n) is 4.48. The average molecular weight is 280 g/mol. The van der Waals surface area contributed by atoms with Crippen molar-refractivity contribution >= 4 is 11.6 Å². The number of aromatic nitrogens is 2. The third kappa shape index (κ3) is 2.79. The van der Waals surface area contributed by atoms with Crippen LogP contribution in [-0.2, 0) is 19.9 Å². The highest BCUT2D eigenvalue weighted by molar-refractivity contribution is 6.31. The van der Waals surface area contributed by atoms with Crippen LogP contribution in [0, 0.1) is 22.7 Å². The summed E-state index contributed by atoms with van der Waals surface area (Å²) in [5.74, 6) is 0.745. The lowest BCUT2D eigenvalue weighted by Gasteiger charge is -2.33. The summed E-state index contributed by atoms with van der Waals surface area (Å²) < 4.78 is 1.86. The molecule has 1 saturated carbocycles. The first kappa shape index (κ1) is 14.4. The minimum atomic E-state index is -0.241. The number of hydrogen-bond donors (Lipinski definition) is 0. The lowest BCUT2D eigenvalue weighted by molar-refractivity contribution is 0.215. The van der Waals surface area contributed by atoms with E-state index in [-0.39, 0.29) is 5.41 Å². The van der Waals surface area contributed by atoms with Crippen LogP contribution in [0.5, 0.6) is 0 Å². The van der Waals surface area contributed by atoms with Crippen molar-refractivity contribution in [1.29, 1.82) is 5.26 Å². The summed E-state index contributed by atoms with van der Waals surface area (Å²) in [6.07, 6.45) is 5.82. The smallest absolute Gasteiger partial charge is 0.0850 e. The fourth-order valence-electron chi connectivity index (χ4n) is 2.98. The zero-order valence-corrected chi connectivity index (χ0v) is 12.8. The second kappa shape index (κ2) is 5.54. The van der Waals surface area contributed by atoms with E-state index in [0.717, 1.165) is 60.9 Å². The molecule has 0 radical (unpaired) electrons. The Hall–Kier alpha value is -1.01. The van der Waals surface area contributed by atoms with Crippen LogP contribution in [0.15, 0.2) is 0 Å². The Bertz CT molecular complexity index is 490. The minimum absolute atomic E-state index is 0.241. The lowest BCUT2D eigenvalue weighted by Crippen LogP contribution is -2.28. The van der Waals surface area contributed by atoms with Crippen molar-refractivity contribution < 1.29 is 0 Å². The van der Waals surface area contributed by atoms with Crippen LogP contribution in [0.25, 0.3) is 0 Å². The fraction of sp³-hybridized carbons (Fsp3) is 0.733. The molecule has 0 aliphatic heterocycles. The van der Waals surface area contributed by atoms with Crippen LogP contribution in [-0.4, -0.2) is 9.78 Å². The highest BCUT2D eigenvalue weighted by Gasteiger charge is 2.36. The van der Waals surface area contributed by atoms with Gasteiger partial charge in [0.25, 0.3) is 0 Å². The zero-order valence-electron chi connectivity index (χ0n) is 12.0. The standard InChI is InChI=1S/C15H22ClN3/c1-4-12-14(16)13(19(3)18-12)9-15(10-17)7-5-11(2)6-8-15/h11H,4-9H2,1-3H3. The Labute approximate surface area is 120 Å². The molecule has 2 rings (SSSR count). The predicted molar refractivity (Wildman–Crippen MR) is 77.0 cm³/mol. The molecule has 1 aromatic heterocycles. The van der Waals surface area contributed by atoms with Gasteiger partial charge >= 0.3 is 0 Å². The van der Waals surface area contributed by atoms with Gasteiger partial charge in [-0.3, -0.25) is 4.68 Å². The monoisotopic (exact) mass is 279 g/mol. The first-order chi connectivity index (χ1) is 9.01. The number of nitriles is 1. The summed E-state index contributed by atoms with van der Waals surface area (Å²) in [4.78, 5) is 0. The van der Waals surface area contributed by atoms with Gasteiger partial charge in [-0.2, -0.15) is 10.4 Å². The molecular formula is C15H22ClN3. The lowest BCUT2D eigenvalue weighted by atomic mass is 9.69. The average Bonchev–Trinajstić information content (AvgIpc) is 2.69. The Kier molecular flexibility index (Phi) is 4.20. The normalized spacial score (nSPS) is 27.2. The number of rotatable bonds is 3. The van der Waals surface area contributed by atoms with E-state index in [2.05, 4.69) is 25.0 Å². The van der Waals surface area contributed by atoms with Gasteiger partial charge in [0.2, 0.25) is 0 Å². The van der Waals surface area contributed by atoms with E-state index in [1.54, 1.807) is 0 Å². The highest BCUT2D eigenvalue weighted by Crippen LogP contribution is 2.42. The largest absolute Gasteiger partial charge is 0.271 e. The van der Waals surface area contributed by atoms with E-state index < -0.39 is 0 Å². The molecule has 104 valence electrons. The van der Waals surface area contributed by atoms with Crippen molar-refractivity contribution in [2.24, 2.45) is 18.4 Å². The van der Waals surface area contributed by atoms with Gasteiger partial charge in [0.05, 0.1) is 27.9 Å². The molecule has 1 aromatic rings. The molecule has 0 unspecified atom stereocenters. The van der Waals surface area contributed by atoms with Gasteiger partial charge in [0, 0.05) is 13.5 Å². The van der Waals surface area contributed by atoms with Crippen molar-refractivity contribution in [3.63, 3.8) is 0 Å². The molecule has 0 amide bonds. The molecule has 1 aliphatic rings. The molecule has 0 bridgehead atoms. The molecule has 0 aromatic carbocycles. The molecule has 0 spiro atoms. The van der Waals surface area contributed by atoms with Gasteiger partial charge < -0.3 is 0 Å². The van der Waals surface area contributed by atoms with Crippen molar-refractivity contribution in [1.82, 2.24) is 9.78 Å². The Morgan fingerprint density at radius 1 is 1.47 bits per heavy atom. The van der Waals surface area contributed by atoms with Gasteiger partial charge in [-0.05, 0) is 38.0 Å². The number of aryl methyl sites for hydroxylation is 2. The molecule has 1 heterocycles. The topological polar surface area (TPSA) is 41.6 Å². The van der Waals surface area contributed by atoms with E-state index in [1.807, 2.05) is 11.7 Å². The van der Waals surface area contributed by atoms with Crippen LogP contribution in [0.4, 0.5) is 0 Å². The predicted octanol–water partition coefficient (Wildman–Crippen LogP) is 3.90. The number of halogens is 1. The van der Waals surface area contributed by atoms with Crippen LogP contribution in [0.1, 0.15) is 50.9 Å². The molecule has 0 atom stereocenters. The second-order valence-corrected chi connectivity index (χ2v) is 6.31. The fourth-order valence-corrected chi connectivity index (χ4v) is 3.34. The quantitative estimate of drug-likeness (QED) is 0.842. The van der Waals surface area contributed by atoms with Crippen molar-refractivity contribution in [3.8, 4) is 6.07 Å². The van der Waals surface area contributed by atoms with Crippen molar-refractivity contribution in [3.05, 3.63) is 16.4 Å². The highest BCUT2D eigenvalue weighted by atomic mass is 35.5.